The smallest absolute Gasteiger partial charge is 0.241 e. The minimum Gasteiger partial charge on any atom is -0.342 e. The number of rotatable bonds is 3. The number of likely N-dealkylation sites (tertiary alicyclic amines) is 2. The van der Waals surface area contributed by atoms with Crippen LogP contribution in [0.2, 0.25) is 5.02 Å². The van der Waals surface area contributed by atoms with Gasteiger partial charge in [-0.05, 0) is 31.5 Å². The number of fused-ring (bicyclic) bond motifs is 1. The number of aromatic nitrogens is 1. The highest BCUT2D eigenvalue weighted by Crippen LogP contribution is 2.32. The lowest BCUT2D eigenvalue weighted by molar-refractivity contribution is -0.150. The second kappa shape index (κ2) is 6.75. The van der Waals surface area contributed by atoms with Crippen molar-refractivity contribution in [1.29, 1.82) is 0 Å². The maximum absolute atomic E-state index is 13.4. The number of nitrogens with one attached hydrogen (secondary N) is 1. The Balaban J connectivity index is 1.44. The molecule has 26 heavy (non-hydrogen) atoms. The summed E-state index contributed by atoms with van der Waals surface area (Å²) in [6.45, 7) is 2.12. The lowest BCUT2D eigenvalue weighted by Crippen LogP contribution is -2.64. The molecule has 3 heterocycles. The Labute approximate surface area is 158 Å². The Morgan fingerprint density at radius 1 is 1.42 bits per heavy atom. The number of carbonyl (C=O) groups is 2. The highest BCUT2D eigenvalue weighted by molar-refractivity contribution is 7.22. The molecule has 0 radical (unpaired) electrons. The zero-order valence-corrected chi connectivity index (χ0v) is 15.7. The van der Waals surface area contributed by atoms with Crippen LogP contribution in [-0.2, 0) is 9.59 Å². The van der Waals surface area contributed by atoms with Crippen molar-refractivity contribution in [2.24, 2.45) is 5.92 Å². The van der Waals surface area contributed by atoms with E-state index in [2.05, 4.69) is 15.2 Å². The van der Waals surface area contributed by atoms with E-state index >= 15 is 0 Å². The van der Waals surface area contributed by atoms with Crippen molar-refractivity contribution in [2.45, 2.75) is 18.9 Å². The van der Waals surface area contributed by atoms with Crippen molar-refractivity contribution >= 4 is 50.1 Å². The molecule has 2 unspecified atom stereocenters. The van der Waals surface area contributed by atoms with Gasteiger partial charge in [-0.15, -0.1) is 0 Å². The molecule has 1 N–H and O–H groups in total. The average molecular weight is 397 g/mol. The van der Waals surface area contributed by atoms with Crippen molar-refractivity contribution in [1.82, 2.24) is 14.8 Å². The van der Waals surface area contributed by atoms with Crippen LogP contribution in [0.4, 0.5) is 9.52 Å². The maximum Gasteiger partial charge on any atom is 0.241 e. The van der Waals surface area contributed by atoms with Crippen LogP contribution in [0.25, 0.3) is 10.2 Å². The summed E-state index contributed by atoms with van der Waals surface area (Å²) in [5.41, 5.74) is 0.488. The predicted octanol–water partition coefficient (Wildman–Crippen LogP) is 2.58. The van der Waals surface area contributed by atoms with Gasteiger partial charge in [0.15, 0.2) is 5.13 Å². The highest BCUT2D eigenvalue weighted by atomic mass is 35.5. The van der Waals surface area contributed by atoms with E-state index in [-0.39, 0.29) is 28.8 Å². The normalized spacial score (nSPS) is 24.0. The molecule has 2 aromatic rings. The van der Waals surface area contributed by atoms with Gasteiger partial charge < -0.3 is 10.2 Å². The SMILES string of the molecule is CN1CC(N2CCCC(C(=O)Nc3nc4c(Cl)cc(F)cc4s3)C2)C1=O. The summed E-state index contributed by atoms with van der Waals surface area (Å²) >= 11 is 7.21. The molecule has 1 aromatic carbocycles. The molecule has 0 aliphatic carbocycles. The molecule has 2 atom stereocenters. The van der Waals surface area contributed by atoms with Crippen LogP contribution in [0.5, 0.6) is 0 Å². The highest BCUT2D eigenvalue weighted by Gasteiger charge is 2.41. The lowest BCUT2D eigenvalue weighted by Gasteiger charge is -2.45. The fourth-order valence-electron chi connectivity index (χ4n) is 3.56. The second-order valence-electron chi connectivity index (χ2n) is 6.81. The van der Waals surface area contributed by atoms with E-state index in [0.717, 1.165) is 25.9 Å². The van der Waals surface area contributed by atoms with Crippen molar-refractivity contribution in [3.8, 4) is 0 Å². The van der Waals surface area contributed by atoms with Crippen molar-refractivity contribution in [2.75, 3.05) is 32.0 Å². The molecule has 0 bridgehead atoms. The first kappa shape index (κ1) is 17.6. The van der Waals surface area contributed by atoms with Gasteiger partial charge >= 0.3 is 0 Å². The number of piperidine rings is 1. The fraction of sp³-hybridized carbons (Fsp3) is 0.471. The number of hydrogen-bond acceptors (Lipinski definition) is 5. The monoisotopic (exact) mass is 396 g/mol. The van der Waals surface area contributed by atoms with E-state index in [1.807, 2.05) is 0 Å². The number of hydrogen-bond donors (Lipinski definition) is 1. The van der Waals surface area contributed by atoms with E-state index in [1.165, 1.54) is 23.5 Å². The molecule has 4 rings (SSSR count). The largest absolute Gasteiger partial charge is 0.342 e. The van der Waals surface area contributed by atoms with E-state index in [9.17, 15) is 14.0 Å². The Kier molecular flexibility index (Phi) is 4.58. The van der Waals surface area contributed by atoms with E-state index < -0.39 is 5.82 Å². The molecular weight excluding hydrogens is 379 g/mol. The zero-order valence-electron chi connectivity index (χ0n) is 14.2. The maximum atomic E-state index is 13.4. The second-order valence-corrected chi connectivity index (χ2v) is 8.25. The van der Waals surface area contributed by atoms with Crippen LogP contribution in [0.15, 0.2) is 12.1 Å². The van der Waals surface area contributed by atoms with Crippen molar-refractivity contribution in [3.63, 3.8) is 0 Å². The van der Waals surface area contributed by atoms with Gasteiger partial charge in [-0.25, -0.2) is 9.37 Å². The molecule has 0 spiro atoms. The van der Waals surface area contributed by atoms with Gasteiger partial charge in [0, 0.05) is 20.1 Å². The fourth-order valence-corrected chi connectivity index (χ4v) is 4.79. The first-order valence-corrected chi connectivity index (χ1v) is 9.67. The van der Waals surface area contributed by atoms with E-state index in [4.69, 9.17) is 11.6 Å². The van der Waals surface area contributed by atoms with E-state index in [0.29, 0.717) is 21.9 Å². The van der Waals surface area contributed by atoms with E-state index in [1.54, 1.807) is 11.9 Å². The van der Waals surface area contributed by atoms with Gasteiger partial charge in [-0.1, -0.05) is 22.9 Å². The van der Waals surface area contributed by atoms with Gasteiger partial charge in [-0.3, -0.25) is 14.5 Å². The summed E-state index contributed by atoms with van der Waals surface area (Å²) < 4.78 is 14.0. The molecule has 2 saturated heterocycles. The number of thiazole rings is 1. The van der Waals surface area contributed by atoms with Crippen LogP contribution >= 0.6 is 22.9 Å². The Morgan fingerprint density at radius 3 is 2.96 bits per heavy atom. The number of halogens is 2. The van der Waals surface area contributed by atoms with Gasteiger partial charge in [0.05, 0.1) is 15.6 Å². The first-order valence-electron chi connectivity index (χ1n) is 8.48. The number of likely N-dealkylation sites (N-methyl/N-ethyl adjacent to an activating group) is 1. The van der Waals surface area contributed by atoms with Crippen molar-refractivity contribution < 1.29 is 14.0 Å². The number of anilines is 1. The third-order valence-electron chi connectivity index (χ3n) is 5.02. The van der Waals surface area contributed by atoms with Crippen LogP contribution in [0, 0.1) is 11.7 Å². The summed E-state index contributed by atoms with van der Waals surface area (Å²) in [7, 11) is 1.79. The summed E-state index contributed by atoms with van der Waals surface area (Å²) in [6, 6.07) is 2.47. The molecule has 0 saturated carbocycles. The van der Waals surface area contributed by atoms with Gasteiger partial charge in [-0.2, -0.15) is 0 Å². The Morgan fingerprint density at radius 2 is 2.23 bits per heavy atom. The third-order valence-corrected chi connectivity index (χ3v) is 6.22. The molecule has 1 aromatic heterocycles. The topological polar surface area (TPSA) is 65.5 Å². The van der Waals surface area contributed by atoms with Crippen LogP contribution in [0.1, 0.15) is 12.8 Å². The summed E-state index contributed by atoms with van der Waals surface area (Å²) in [5.74, 6) is -0.622. The van der Waals surface area contributed by atoms with Crippen LogP contribution < -0.4 is 5.32 Å². The molecule has 2 amide bonds. The molecule has 2 aliphatic rings. The molecule has 2 fully saturated rings. The van der Waals surface area contributed by atoms with Crippen LogP contribution in [0.3, 0.4) is 0 Å². The standard InChI is InChI=1S/C17H18ClFN4O2S/c1-22-8-12(16(22)25)23-4-2-3-9(7-23)15(24)21-17-20-14-11(18)5-10(19)6-13(14)26-17/h5-6,9,12H,2-4,7-8H2,1H3,(H,20,21,24). The molecule has 2 aliphatic heterocycles. The van der Waals surface area contributed by atoms with Gasteiger partial charge in [0.1, 0.15) is 17.4 Å². The molecular formula is C17H18ClFN4O2S. The number of amides is 2. The minimum absolute atomic E-state index is 0.0974. The molecule has 6 nitrogen and oxygen atoms in total. The Bertz CT molecular complexity index is 889. The summed E-state index contributed by atoms with van der Waals surface area (Å²) in [6.07, 6.45) is 1.65. The minimum atomic E-state index is -0.429. The molecule has 138 valence electrons. The number of β-lactam (4-membered cyclic amide) rings is 1. The zero-order chi connectivity index (χ0) is 18.4. The first-order chi connectivity index (χ1) is 12.4. The quantitative estimate of drug-likeness (QED) is 0.810. The van der Waals surface area contributed by atoms with Gasteiger partial charge in [0.25, 0.3) is 0 Å². The number of benzene rings is 1. The molecule has 9 heteroatoms. The lowest BCUT2D eigenvalue weighted by atomic mass is 9.94. The Hall–Kier alpha value is -1.77. The predicted molar refractivity (Wildman–Crippen MR) is 98.9 cm³/mol. The van der Waals surface area contributed by atoms with Crippen LogP contribution in [-0.4, -0.2) is 59.3 Å². The number of carbonyl (C=O) groups excluding carboxylic acids is 2. The average Bonchev–Trinajstić information content (AvgIpc) is 3.02. The summed E-state index contributed by atoms with van der Waals surface area (Å²) in [5, 5.41) is 3.47. The van der Waals surface area contributed by atoms with Crippen molar-refractivity contribution in [3.05, 3.63) is 23.0 Å². The third kappa shape index (κ3) is 3.17. The summed E-state index contributed by atoms with van der Waals surface area (Å²) in [4.78, 5) is 32.7. The van der Waals surface area contributed by atoms with Gasteiger partial charge in [0.2, 0.25) is 11.8 Å². The number of nitrogens with zero attached hydrogens (tertiary/aromatic N) is 3.